The average Bonchev–Trinajstić information content (AvgIpc) is 2.19. The first kappa shape index (κ1) is 5.56. The second-order valence-electron chi connectivity index (χ2n) is 1.83. The van der Waals surface area contributed by atoms with Gasteiger partial charge in [-0.1, -0.05) is 5.16 Å². The number of hydrogen-bond donors (Lipinski definition) is 1. The number of nitrogens with zero attached hydrogens (tertiary/aromatic N) is 1. The van der Waals surface area contributed by atoms with E-state index < -0.39 is 0 Å². The minimum Gasteiger partial charge on any atom is -0.392 e. The molecule has 0 aromatic rings. The standard InChI is InChI=1S/C5H10N2O/c6-3-1-5-2-4-7-8-5/h4-5H,1-3,6H2. The molecular weight excluding hydrogens is 104 g/mol. The van der Waals surface area contributed by atoms with Gasteiger partial charge in [0.2, 0.25) is 0 Å². The zero-order valence-electron chi connectivity index (χ0n) is 4.71. The van der Waals surface area contributed by atoms with Gasteiger partial charge in [-0.25, -0.2) is 0 Å². The topological polar surface area (TPSA) is 47.6 Å². The van der Waals surface area contributed by atoms with Crippen molar-refractivity contribution >= 4 is 6.21 Å². The first-order chi connectivity index (χ1) is 3.93. The molecule has 0 saturated carbocycles. The van der Waals surface area contributed by atoms with Crippen LogP contribution in [-0.2, 0) is 4.84 Å². The normalized spacial score (nSPS) is 25.9. The van der Waals surface area contributed by atoms with Crippen molar-refractivity contribution in [2.24, 2.45) is 10.9 Å². The quantitative estimate of drug-likeness (QED) is 0.554. The molecule has 0 amide bonds. The molecule has 1 rings (SSSR count). The van der Waals surface area contributed by atoms with E-state index in [4.69, 9.17) is 10.6 Å². The van der Waals surface area contributed by atoms with Crippen LogP contribution in [0.25, 0.3) is 0 Å². The minimum absolute atomic E-state index is 0.264. The molecule has 8 heavy (non-hydrogen) atoms. The second-order valence-corrected chi connectivity index (χ2v) is 1.83. The molecule has 1 unspecified atom stereocenters. The van der Waals surface area contributed by atoms with Gasteiger partial charge in [-0.15, -0.1) is 0 Å². The number of rotatable bonds is 2. The summed E-state index contributed by atoms with van der Waals surface area (Å²) in [5, 5.41) is 3.60. The molecule has 3 heteroatoms. The lowest BCUT2D eigenvalue weighted by molar-refractivity contribution is 0.0810. The highest BCUT2D eigenvalue weighted by molar-refractivity contribution is 5.58. The van der Waals surface area contributed by atoms with Crippen LogP contribution in [0.5, 0.6) is 0 Å². The first-order valence-electron chi connectivity index (χ1n) is 2.81. The monoisotopic (exact) mass is 114 g/mol. The molecule has 1 atom stereocenters. The van der Waals surface area contributed by atoms with E-state index in [9.17, 15) is 0 Å². The molecule has 1 aliphatic rings. The van der Waals surface area contributed by atoms with Crippen LogP contribution in [-0.4, -0.2) is 18.9 Å². The molecule has 0 aliphatic carbocycles. The molecule has 0 aromatic carbocycles. The Balaban J connectivity index is 2.10. The predicted octanol–water partition coefficient (Wildman–Crippen LogP) is 0.110. The largest absolute Gasteiger partial charge is 0.392 e. The molecule has 1 aliphatic heterocycles. The Morgan fingerprint density at radius 2 is 2.75 bits per heavy atom. The van der Waals surface area contributed by atoms with E-state index >= 15 is 0 Å². The maximum absolute atomic E-state index is 5.27. The SMILES string of the molecule is NCCC1CC=NO1. The van der Waals surface area contributed by atoms with E-state index in [1.807, 2.05) is 0 Å². The molecule has 0 aromatic heterocycles. The maximum atomic E-state index is 5.27. The summed E-state index contributed by atoms with van der Waals surface area (Å²) in [4.78, 5) is 4.88. The lowest BCUT2D eigenvalue weighted by Crippen LogP contribution is -2.12. The van der Waals surface area contributed by atoms with Gasteiger partial charge in [0.1, 0.15) is 6.10 Å². The van der Waals surface area contributed by atoms with Crippen LogP contribution in [0.2, 0.25) is 0 Å². The Morgan fingerprint density at radius 1 is 1.88 bits per heavy atom. The minimum atomic E-state index is 0.264. The molecule has 0 fully saturated rings. The van der Waals surface area contributed by atoms with E-state index in [2.05, 4.69) is 5.16 Å². The van der Waals surface area contributed by atoms with Crippen LogP contribution in [0.1, 0.15) is 12.8 Å². The maximum Gasteiger partial charge on any atom is 0.133 e. The average molecular weight is 114 g/mol. The van der Waals surface area contributed by atoms with Gasteiger partial charge in [0.05, 0.1) is 0 Å². The lowest BCUT2D eigenvalue weighted by Gasteiger charge is -2.02. The van der Waals surface area contributed by atoms with Crippen molar-refractivity contribution in [3.05, 3.63) is 0 Å². The molecule has 0 radical (unpaired) electrons. The van der Waals surface area contributed by atoms with Crippen LogP contribution >= 0.6 is 0 Å². The Kier molecular flexibility index (Phi) is 1.86. The lowest BCUT2D eigenvalue weighted by atomic mass is 10.2. The third-order valence-corrected chi connectivity index (χ3v) is 1.14. The van der Waals surface area contributed by atoms with Crippen molar-refractivity contribution in [2.75, 3.05) is 6.54 Å². The van der Waals surface area contributed by atoms with E-state index in [1.165, 1.54) is 0 Å². The van der Waals surface area contributed by atoms with Crippen molar-refractivity contribution in [2.45, 2.75) is 18.9 Å². The van der Waals surface area contributed by atoms with E-state index in [0.717, 1.165) is 12.8 Å². The Morgan fingerprint density at radius 3 is 3.25 bits per heavy atom. The van der Waals surface area contributed by atoms with Gasteiger partial charge in [-0.05, 0) is 13.0 Å². The predicted molar refractivity (Wildman–Crippen MR) is 31.7 cm³/mol. The van der Waals surface area contributed by atoms with Gasteiger partial charge in [0.15, 0.2) is 0 Å². The van der Waals surface area contributed by atoms with Crippen LogP contribution in [0.15, 0.2) is 5.16 Å². The van der Waals surface area contributed by atoms with Crippen molar-refractivity contribution in [1.29, 1.82) is 0 Å². The number of oxime groups is 1. The van der Waals surface area contributed by atoms with Crippen molar-refractivity contribution in [3.8, 4) is 0 Å². The van der Waals surface area contributed by atoms with Gasteiger partial charge in [-0.3, -0.25) is 0 Å². The van der Waals surface area contributed by atoms with Gasteiger partial charge in [0.25, 0.3) is 0 Å². The molecule has 1 heterocycles. The van der Waals surface area contributed by atoms with E-state index in [0.29, 0.717) is 6.54 Å². The van der Waals surface area contributed by atoms with Gasteiger partial charge in [0, 0.05) is 12.6 Å². The molecule has 46 valence electrons. The van der Waals surface area contributed by atoms with Crippen LogP contribution in [0.4, 0.5) is 0 Å². The van der Waals surface area contributed by atoms with E-state index in [1.54, 1.807) is 6.21 Å². The summed E-state index contributed by atoms with van der Waals surface area (Å²) < 4.78 is 0. The fourth-order valence-corrected chi connectivity index (χ4v) is 0.689. The van der Waals surface area contributed by atoms with Crippen LogP contribution in [0, 0.1) is 0 Å². The highest BCUT2D eigenvalue weighted by Gasteiger charge is 2.10. The third kappa shape index (κ3) is 1.20. The smallest absolute Gasteiger partial charge is 0.133 e. The highest BCUT2D eigenvalue weighted by atomic mass is 16.6. The Bertz CT molecular complexity index is 84.4. The molecule has 0 spiro atoms. The van der Waals surface area contributed by atoms with Crippen molar-refractivity contribution in [3.63, 3.8) is 0 Å². The summed E-state index contributed by atoms with van der Waals surface area (Å²) in [7, 11) is 0. The fourth-order valence-electron chi connectivity index (χ4n) is 0.689. The highest BCUT2D eigenvalue weighted by Crippen LogP contribution is 2.06. The summed E-state index contributed by atoms with van der Waals surface area (Å²) >= 11 is 0. The number of nitrogens with two attached hydrogens (primary N) is 1. The van der Waals surface area contributed by atoms with Gasteiger partial charge >= 0.3 is 0 Å². The zero-order chi connectivity index (χ0) is 5.82. The molecular formula is C5H10N2O. The summed E-state index contributed by atoms with van der Waals surface area (Å²) in [6.45, 7) is 0.689. The molecule has 0 saturated heterocycles. The van der Waals surface area contributed by atoms with E-state index in [-0.39, 0.29) is 6.10 Å². The first-order valence-corrected chi connectivity index (χ1v) is 2.81. The molecule has 2 N–H and O–H groups in total. The Labute approximate surface area is 48.5 Å². The fraction of sp³-hybridized carbons (Fsp3) is 0.800. The van der Waals surface area contributed by atoms with Crippen LogP contribution < -0.4 is 5.73 Å². The molecule has 3 nitrogen and oxygen atoms in total. The van der Waals surface area contributed by atoms with Gasteiger partial charge in [-0.2, -0.15) is 0 Å². The third-order valence-electron chi connectivity index (χ3n) is 1.14. The summed E-state index contributed by atoms with van der Waals surface area (Å²) in [6.07, 6.45) is 3.89. The Hall–Kier alpha value is -0.570. The molecule has 0 bridgehead atoms. The second kappa shape index (κ2) is 2.67. The van der Waals surface area contributed by atoms with Crippen molar-refractivity contribution < 1.29 is 4.84 Å². The van der Waals surface area contributed by atoms with Crippen molar-refractivity contribution in [1.82, 2.24) is 0 Å². The summed E-state index contributed by atoms with van der Waals surface area (Å²) in [5.74, 6) is 0. The summed E-state index contributed by atoms with van der Waals surface area (Å²) in [6, 6.07) is 0. The van der Waals surface area contributed by atoms with Gasteiger partial charge < -0.3 is 10.6 Å². The number of hydrogen-bond acceptors (Lipinski definition) is 3. The van der Waals surface area contributed by atoms with Crippen LogP contribution in [0.3, 0.4) is 0 Å². The summed E-state index contributed by atoms with van der Waals surface area (Å²) in [5.41, 5.74) is 5.27. The zero-order valence-corrected chi connectivity index (χ0v) is 4.71.